The summed E-state index contributed by atoms with van der Waals surface area (Å²) in [7, 11) is 0. The summed E-state index contributed by atoms with van der Waals surface area (Å²) < 4.78 is 0. The number of rotatable bonds is 3. The van der Waals surface area contributed by atoms with E-state index in [9.17, 15) is 4.79 Å². The van der Waals surface area contributed by atoms with Crippen molar-refractivity contribution in [3.63, 3.8) is 0 Å². The molecule has 4 heteroatoms. The van der Waals surface area contributed by atoms with Crippen molar-refractivity contribution in [2.45, 2.75) is 13.3 Å². The summed E-state index contributed by atoms with van der Waals surface area (Å²) in [6.45, 7) is 2.42. The monoisotopic (exact) mass is 194 g/mol. The van der Waals surface area contributed by atoms with Crippen LogP contribution in [0, 0.1) is 0 Å². The fourth-order valence-corrected chi connectivity index (χ4v) is 1.25. The van der Waals surface area contributed by atoms with E-state index in [4.69, 9.17) is 10.8 Å². The molecule has 1 aromatic carbocycles. The first-order chi connectivity index (χ1) is 6.65. The smallest absolute Gasteiger partial charge is 0.411 e. The fourth-order valence-electron chi connectivity index (χ4n) is 1.25. The molecule has 3 N–H and O–H groups in total. The molecule has 1 amide bonds. The highest BCUT2D eigenvalue weighted by Crippen LogP contribution is 2.17. The average Bonchev–Trinajstić information content (AvgIpc) is 2.13. The van der Waals surface area contributed by atoms with Gasteiger partial charge in [0.25, 0.3) is 0 Å². The molecular weight excluding hydrogens is 180 g/mol. The third-order valence-corrected chi connectivity index (χ3v) is 1.86. The van der Waals surface area contributed by atoms with Crippen molar-refractivity contribution >= 4 is 17.5 Å². The Morgan fingerprint density at radius 1 is 1.57 bits per heavy atom. The highest BCUT2D eigenvalue weighted by Gasteiger charge is 2.12. The molecule has 0 spiro atoms. The molecule has 0 bridgehead atoms. The molecule has 0 saturated heterocycles. The predicted octanol–water partition coefficient (Wildman–Crippen LogP) is 2.16. The molecule has 0 aliphatic carbocycles. The summed E-state index contributed by atoms with van der Waals surface area (Å²) in [6, 6.07) is 6.87. The third-order valence-electron chi connectivity index (χ3n) is 1.86. The summed E-state index contributed by atoms with van der Waals surface area (Å²) in [5.74, 6) is 0. The molecule has 0 aliphatic heterocycles. The van der Waals surface area contributed by atoms with Crippen LogP contribution in [0.3, 0.4) is 0 Å². The largest absolute Gasteiger partial charge is 0.465 e. The Hall–Kier alpha value is -1.71. The van der Waals surface area contributed by atoms with Crippen molar-refractivity contribution in [2.75, 3.05) is 17.2 Å². The van der Waals surface area contributed by atoms with Crippen LogP contribution in [-0.4, -0.2) is 17.7 Å². The lowest BCUT2D eigenvalue weighted by molar-refractivity contribution is 0.202. The van der Waals surface area contributed by atoms with Crippen molar-refractivity contribution < 1.29 is 9.90 Å². The van der Waals surface area contributed by atoms with Gasteiger partial charge in [-0.1, -0.05) is 13.0 Å². The second kappa shape index (κ2) is 4.50. The van der Waals surface area contributed by atoms with Crippen LogP contribution >= 0.6 is 0 Å². The molecule has 4 nitrogen and oxygen atoms in total. The van der Waals surface area contributed by atoms with E-state index < -0.39 is 6.09 Å². The zero-order valence-electron chi connectivity index (χ0n) is 8.10. The average molecular weight is 194 g/mol. The van der Waals surface area contributed by atoms with E-state index in [1.807, 2.05) is 6.92 Å². The Labute approximate surface area is 82.9 Å². The van der Waals surface area contributed by atoms with Crippen molar-refractivity contribution in [3.05, 3.63) is 24.3 Å². The van der Waals surface area contributed by atoms with E-state index >= 15 is 0 Å². The fraction of sp³-hybridized carbons (Fsp3) is 0.300. The van der Waals surface area contributed by atoms with Crippen molar-refractivity contribution in [1.82, 2.24) is 0 Å². The molecule has 0 atom stereocenters. The topological polar surface area (TPSA) is 66.6 Å². The minimum Gasteiger partial charge on any atom is -0.465 e. The maximum atomic E-state index is 10.9. The number of carbonyl (C=O) groups is 1. The van der Waals surface area contributed by atoms with Crippen LogP contribution < -0.4 is 10.6 Å². The molecule has 0 radical (unpaired) electrons. The number of nitrogen functional groups attached to an aromatic ring is 1. The molecule has 0 heterocycles. The number of hydrogen-bond donors (Lipinski definition) is 2. The number of amides is 1. The van der Waals surface area contributed by atoms with Gasteiger partial charge >= 0.3 is 6.09 Å². The second-order valence-electron chi connectivity index (χ2n) is 3.03. The molecule has 0 aliphatic rings. The summed E-state index contributed by atoms with van der Waals surface area (Å²) in [5.41, 5.74) is 6.77. The molecule has 1 rings (SSSR count). The quantitative estimate of drug-likeness (QED) is 0.724. The van der Waals surface area contributed by atoms with Gasteiger partial charge in [-0.25, -0.2) is 4.79 Å². The van der Waals surface area contributed by atoms with Crippen LogP contribution in [0.5, 0.6) is 0 Å². The van der Waals surface area contributed by atoms with Crippen molar-refractivity contribution in [1.29, 1.82) is 0 Å². The molecule has 76 valence electrons. The van der Waals surface area contributed by atoms with Gasteiger partial charge in [0.2, 0.25) is 0 Å². The first kappa shape index (κ1) is 10.4. The van der Waals surface area contributed by atoms with Gasteiger partial charge in [0.15, 0.2) is 0 Å². The Bertz CT molecular complexity index is 326. The molecular formula is C10H14N2O2. The van der Waals surface area contributed by atoms with E-state index in [0.717, 1.165) is 6.42 Å². The lowest BCUT2D eigenvalue weighted by Gasteiger charge is -2.18. The lowest BCUT2D eigenvalue weighted by atomic mass is 10.2. The molecule has 1 aromatic rings. The Kier molecular flexibility index (Phi) is 3.34. The number of nitrogens with zero attached hydrogens (tertiary/aromatic N) is 1. The van der Waals surface area contributed by atoms with E-state index in [0.29, 0.717) is 17.9 Å². The molecule has 0 unspecified atom stereocenters. The second-order valence-corrected chi connectivity index (χ2v) is 3.03. The summed E-state index contributed by atoms with van der Waals surface area (Å²) >= 11 is 0. The van der Waals surface area contributed by atoms with Crippen molar-refractivity contribution in [3.8, 4) is 0 Å². The van der Waals surface area contributed by atoms with Gasteiger partial charge in [-0.2, -0.15) is 0 Å². The first-order valence-electron chi connectivity index (χ1n) is 4.51. The highest BCUT2D eigenvalue weighted by molar-refractivity contribution is 5.86. The lowest BCUT2D eigenvalue weighted by Crippen LogP contribution is -2.29. The number of nitrogens with two attached hydrogens (primary N) is 1. The maximum Gasteiger partial charge on any atom is 0.411 e. The molecule has 0 saturated carbocycles. The van der Waals surface area contributed by atoms with Crippen molar-refractivity contribution in [2.24, 2.45) is 0 Å². The van der Waals surface area contributed by atoms with E-state index in [2.05, 4.69) is 0 Å². The standard InChI is InChI=1S/C10H14N2O2/c1-2-6-12(10(13)14)9-5-3-4-8(11)7-9/h3-5,7H,2,6,11H2,1H3,(H,13,14). The van der Waals surface area contributed by atoms with Gasteiger partial charge < -0.3 is 10.8 Å². The van der Waals surface area contributed by atoms with E-state index in [1.54, 1.807) is 24.3 Å². The number of hydrogen-bond acceptors (Lipinski definition) is 2. The Morgan fingerprint density at radius 2 is 2.29 bits per heavy atom. The van der Waals surface area contributed by atoms with Crippen LogP contribution in [0.4, 0.5) is 16.2 Å². The summed E-state index contributed by atoms with van der Waals surface area (Å²) in [5, 5.41) is 8.93. The van der Waals surface area contributed by atoms with Gasteiger partial charge in [-0.05, 0) is 24.6 Å². The number of benzene rings is 1. The summed E-state index contributed by atoms with van der Waals surface area (Å²) in [6.07, 6.45) is -0.168. The van der Waals surface area contributed by atoms with Gasteiger partial charge in [0.1, 0.15) is 0 Å². The normalized spacial score (nSPS) is 9.79. The van der Waals surface area contributed by atoms with Crippen LogP contribution in [0.2, 0.25) is 0 Å². The van der Waals surface area contributed by atoms with Gasteiger partial charge in [0.05, 0.1) is 0 Å². The SMILES string of the molecule is CCCN(C(=O)O)c1cccc(N)c1. The zero-order valence-corrected chi connectivity index (χ0v) is 8.10. The predicted molar refractivity (Wildman–Crippen MR) is 56.5 cm³/mol. The Balaban J connectivity index is 2.93. The maximum absolute atomic E-state index is 10.9. The minimum absolute atomic E-state index is 0.485. The first-order valence-corrected chi connectivity index (χ1v) is 4.51. The van der Waals surface area contributed by atoms with Gasteiger partial charge in [0, 0.05) is 17.9 Å². The Morgan fingerprint density at radius 3 is 2.79 bits per heavy atom. The minimum atomic E-state index is -0.947. The zero-order chi connectivity index (χ0) is 10.6. The van der Waals surface area contributed by atoms with Gasteiger partial charge in [-0.3, -0.25) is 4.90 Å². The van der Waals surface area contributed by atoms with Crippen LogP contribution in [0.25, 0.3) is 0 Å². The van der Waals surface area contributed by atoms with Gasteiger partial charge in [-0.15, -0.1) is 0 Å². The van der Waals surface area contributed by atoms with Crippen LogP contribution in [-0.2, 0) is 0 Å². The molecule has 0 aromatic heterocycles. The molecule has 0 fully saturated rings. The van der Waals surface area contributed by atoms with Crippen LogP contribution in [0.1, 0.15) is 13.3 Å². The van der Waals surface area contributed by atoms with E-state index in [1.165, 1.54) is 4.90 Å². The molecule has 14 heavy (non-hydrogen) atoms. The summed E-state index contributed by atoms with van der Waals surface area (Å²) in [4.78, 5) is 12.2. The third kappa shape index (κ3) is 2.39. The van der Waals surface area contributed by atoms with E-state index in [-0.39, 0.29) is 0 Å². The highest BCUT2D eigenvalue weighted by atomic mass is 16.4. The number of anilines is 2. The van der Waals surface area contributed by atoms with Crippen LogP contribution in [0.15, 0.2) is 24.3 Å². The number of carboxylic acid groups (broad SMARTS) is 1.